The van der Waals surface area contributed by atoms with Gasteiger partial charge in [-0.2, -0.15) is 0 Å². The number of pyridine rings is 1. The average Bonchev–Trinajstić information content (AvgIpc) is 3.03. The number of nitrogens with one attached hydrogen (secondary N) is 1. The first kappa shape index (κ1) is 21.1. The van der Waals surface area contributed by atoms with E-state index in [-0.39, 0.29) is 10.6 Å². The van der Waals surface area contributed by atoms with Crippen molar-refractivity contribution in [3.63, 3.8) is 0 Å². The van der Waals surface area contributed by atoms with E-state index in [1.54, 1.807) is 43.8 Å². The molecule has 158 valence electrons. The molecule has 0 aliphatic carbocycles. The van der Waals surface area contributed by atoms with E-state index >= 15 is 0 Å². The summed E-state index contributed by atoms with van der Waals surface area (Å²) in [6.45, 7) is 3.61. The summed E-state index contributed by atoms with van der Waals surface area (Å²) >= 11 is 18.9. The highest BCUT2D eigenvalue weighted by Gasteiger charge is 2.23. The van der Waals surface area contributed by atoms with Crippen LogP contribution in [0.4, 0.5) is 5.69 Å². The van der Waals surface area contributed by atoms with Crippen LogP contribution in [0.5, 0.6) is 5.75 Å². The van der Waals surface area contributed by atoms with Crippen LogP contribution in [0.3, 0.4) is 0 Å². The van der Waals surface area contributed by atoms with Crippen LogP contribution in [0.25, 0.3) is 5.69 Å². The van der Waals surface area contributed by atoms with E-state index in [4.69, 9.17) is 39.5 Å². The van der Waals surface area contributed by atoms with Gasteiger partial charge in [0.1, 0.15) is 10.8 Å². The predicted octanol–water partition coefficient (Wildman–Crippen LogP) is 3.85. The predicted molar refractivity (Wildman–Crippen MR) is 120 cm³/mol. The van der Waals surface area contributed by atoms with E-state index in [1.165, 1.54) is 4.68 Å². The lowest BCUT2D eigenvalue weighted by molar-refractivity contribution is 0.247. The van der Waals surface area contributed by atoms with E-state index in [1.807, 2.05) is 0 Å². The lowest BCUT2D eigenvalue weighted by atomic mass is 10.2. The minimum Gasteiger partial charge on any atom is -0.497 e. The first-order chi connectivity index (χ1) is 14.5. The molecule has 0 radical (unpaired) electrons. The van der Waals surface area contributed by atoms with E-state index in [0.717, 1.165) is 37.6 Å². The molecule has 7 nitrogen and oxygen atoms in total. The molecule has 1 N–H and O–H groups in total. The summed E-state index contributed by atoms with van der Waals surface area (Å²) in [4.78, 5) is 21.0. The Bertz CT molecular complexity index is 1070. The highest BCUT2D eigenvalue weighted by atomic mass is 35.5. The van der Waals surface area contributed by atoms with Crippen molar-refractivity contribution in [1.29, 1.82) is 0 Å². The number of hydrogen-bond donors (Lipinski definition) is 1. The standard InChI is InChI=1S/C20H20Cl3N5O2/c1-30-14-4-2-13(3-5-14)28-20(29)18(23)17(25-28)12-26-6-8-27(9-7-26)19-15(21)10-24-11-16(19)22/h2-5,10-11,25H,6-9,12H2,1H3. The molecular weight excluding hydrogens is 449 g/mol. The minimum atomic E-state index is -0.272. The molecule has 0 spiro atoms. The van der Waals surface area contributed by atoms with Crippen molar-refractivity contribution in [2.24, 2.45) is 0 Å². The van der Waals surface area contributed by atoms with Crippen molar-refractivity contribution in [2.75, 3.05) is 38.2 Å². The Morgan fingerprint density at radius 3 is 2.27 bits per heavy atom. The van der Waals surface area contributed by atoms with Gasteiger partial charge in [0.05, 0.1) is 34.2 Å². The van der Waals surface area contributed by atoms with E-state index < -0.39 is 0 Å². The van der Waals surface area contributed by atoms with Crippen LogP contribution < -0.4 is 15.2 Å². The molecule has 1 aromatic carbocycles. The molecule has 1 saturated heterocycles. The molecule has 0 saturated carbocycles. The molecule has 1 aliphatic rings. The first-order valence-electron chi connectivity index (χ1n) is 9.38. The number of nitrogens with zero attached hydrogens (tertiary/aromatic N) is 4. The van der Waals surface area contributed by atoms with Crippen molar-refractivity contribution in [1.82, 2.24) is 19.7 Å². The maximum atomic E-state index is 12.6. The number of ether oxygens (including phenoxy) is 1. The highest BCUT2D eigenvalue weighted by Crippen LogP contribution is 2.33. The number of hydrogen-bond acceptors (Lipinski definition) is 5. The van der Waals surface area contributed by atoms with Gasteiger partial charge >= 0.3 is 0 Å². The molecule has 1 aliphatic heterocycles. The second-order valence-electron chi connectivity index (χ2n) is 6.96. The van der Waals surface area contributed by atoms with Crippen LogP contribution in [0.15, 0.2) is 41.5 Å². The maximum absolute atomic E-state index is 12.6. The molecule has 3 heterocycles. The Morgan fingerprint density at radius 1 is 1.03 bits per heavy atom. The molecule has 3 aromatic rings. The summed E-state index contributed by atoms with van der Waals surface area (Å²) in [5.74, 6) is 0.719. The van der Waals surface area contributed by atoms with Crippen molar-refractivity contribution in [3.05, 3.63) is 67.8 Å². The van der Waals surface area contributed by atoms with Crippen LogP contribution in [0.1, 0.15) is 5.69 Å². The number of piperazine rings is 1. The molecule has 10 heteroatoms. The van der Waals surface area contributed by atoms with E-state index in [9.17, 15) is 4.79 Å². The zero-order chi connectivity index (χ0) is 21.3. The molecular formula is C20H20Cl3N5O2. The van der Waals surface area contributed by atoms with Gasteiger partial charge in [0.2, 0.25) is 0 Å². The van der Waals surface area contributed by atoms with Crippen molar-refractivity contribution in [2.45, 2.75) is 6.54 Å². The van der Waals surface area contributed by atoms with Gasteiger partial charge in [-0.3, -0.25) is 19.8 Å². The third-order valence-corrected chi connectivity index (χ3v) is 6.07. The fraction of sp³-hybridized carbons (Fsp3) is 0.300. The number of methoxy groups -OCH3 is 1. The van der Waals surface area contributed by atoms with Gasteiger partial charge in [-0.15, -0.1) is 0 Å². The third-order valence-electron chi connectivity index (χ3n) is 5.13. The number of H-pyrrole nitrogens is 1. The second kappa shape index (κ2) is 8.89. The molecule has 0 unspecified atom stereocenters. The number of aromatic nitrogens is 3. The van der Waals surface area contributed by atoms with Crippen LogP contribution in [-0.2, 0) is 6.54 Å². The number of halogens is 3. The summed E-state index contributed by atoms with van der Waals surface area (Å²) in [5.41, 5.74) is 1.92. The van der Waals surface area contributed by atoms with Crippen molar-refractivity contribution < 1.29 is 4.74 Å². The summed E-state index contributed by atoms with van der Waals surface area (Å²) in [5, 5.41) is 4.42. The molecule has 4 rings (SSSR count). The van der Waals surface area contributed by atoms with Crippen LogP contribution >= 0.6 is 34.8 Å². The third kappa shape index (κ3) is 4.16. The summed E-state index contributed by atoms with van der Waals surface area (Å²) in [6.07, 6.45) is 3.20. The average molecular weight is 469 g/mol. The second-order valence-corrected chi connectivity index (χ2v) is 8.15. The van der Waals surface area contributed by atoms with E-state index in [2.05, 4.69) is 19.9 Å². The fourth-order valence-electron chi connectivity index (χ4n) is 3.54. The SMILES string of the molecule is COc1ccc(-n2[nH]c(CN3CCN(c4c(Cl)cncc4Cl)CC3)c(Cl)c2=O)cc1. The Morgan fingerprint density at radius 2 is 1.67 bits per heavy atom. The number of benzene rings is 1. The van der Waals surface area contributed by atoms with Crippen molar-refractivity contribution in [3.8, 4) is 11.4 Å². The van der Waals surface area contributed by atoms with Crippen LogP contribution in [-0.4, -0.2) is 53.0 Å². The fourth-order valence-corrected chi connectivity index (χ4v) is 4.33. The zero-order valence-electron chi connectivity index (χ0n) is 16.2. The quantitative estimate of drug-likeness (QED) is 0.616. The van der Waals surface area contributed by atoms with Gasteiger partial charge in [-0.25, -0.2) is 4.68 Å². The molecule has 0 bridgehead atoms. The molecule has 30 heavy (non-hydrogen) atoms. The lowest BCUT2D eigenvalue weighted by Gasteiger charge is -2.36. The van der Waals surface area contributed by atoms with Gasteiger partial charge in [0.25, 0.3) is 5.56 Å². The zero-order valence-corrected chi connectivity index (χ0v) is 18.5. The Balaban J connectivity index is 1.46. The summed E-state index contributed by atoms with van der Waals surface area (Å²) in [7, 11) is 1.60. The Labute approximate surface area is 188 Å². The summed E-state index contributed by atoms with van der Waals surface area (Å²) in [6, 6.07) is 7.20. The smallest absolute Gasteiger partial charge is 0.290 e. The minimum absolute atomic E-state index is 0.202. The topological polar surface area (TPSA) is 66.4 Å². The molecule has 0 amide bonds. The first-order valence-corrected chi connectivity index (χ1v) is 10.5. The number of anilines is 1. The number of rotatable bonds is 5. The number of aromatic amines is 1. The monoisotopic (exact) mass is 467 g/mol. The molecule has 2 aromatic heterocycles. The van der Waals surface area contributed by atoms with Gasteiger partial charge < -0.3 is 9.64 Å². The van der Waals surface area contributed by atoms with Crippen LogP contribution in [0.2, 0.25) is 15.1 Å². The van der Waals surface area contributed by atoms with Gasteiger partial charge in [0, 0.05) is 45.1 Å². The Hall–Kier alpha value is -2.19. The lowest BCUT2D eigenvalue weighted by Crippen LogP contribution is -2.46. The molecule has 1 fully saturated rings. The largest absolute Gasteiger partial charge is 0.497 e. The Kier molecular flexibility index (Phi) is 6.24. The van der Waals surface area contributed by atoms with Crippen molar-refractivity contribution >= 4 is 40.5 Å². The maximum Gasteiger partial charge on any atom is 0.290 e. The van der Waals surface area contributed by atoms with E-state index in [0.29, 0.717) is 28.0 Å². The highest BCUT2D eigenvalue weighted by molar-refractivity contribution is 6.38. The van der Waals surface area contributed by atoms with Gasteiger partial charge in [-0.1, -0.05) is 34.8 Å². The molecule has 0 atom stereocenters. The van der Waals surface area contributed by atoms with Crippen LogP contribution in [0, 0.1) is 0 Å². The normalized spacial score (nSPS) is 14.9. The summed E-state index contributed by atoms with van der Waals surface area (Å²) < 4.78 is 6.61. The van der Waals surface area contributed by atoms with Gasteiger partial charge in [-0.05, 0) is 24.3 Å². The van der Waals surface area contributed by atoms with Gasteiger partial charge in [0.15, 0.2) is 0 Å².